The Morgan fingerprint density at radius 3 is 2.57 bits per heavy atom. The number of amides is 1. The summed E-state index contributed by atoms with van der Waals surface area (Å²) >= 11 is 0. The third kappa shape index (κ3) is 4.29. The Labute approximate surface area is 172 Å². The minimum atomic E-state index is -4.65. The van der Waals surface area contributed by atoms with Gasteiger partial charge in [0.2, 0.25) is 15.9 Å². The zero-order chi connectivity index (χ0) is 22.1. The Hall–Kier alpha value is -2.59. The van der Waals surface area contributed by atoms with Crippen LogP contribution in [0.2, 0.25) is 0 Å². The van der Waals surface area contributed by atoms with Gasteiger partial charge < -0.3 is 10.1 Å². The van der Waals surface area contributed by atoms with Crippen LogP contribution in [-0.2, 0) is 21.0 Å². The van der Waals surface area contributed by atoms with Gasteiger partial charge in [-0.05, 0) is 43.5 Å². The maximum Gasteiger partial charge on any atom is 0.418 e. The first-order chi connectivity index (χ1) is 14.1. The lowest BCUT2D eigenvalue weighted by molar-refractivity contribution is -0.137. The fourth-order valence-electron chi connectivity index (χ4n) is 3.46. The molecule has 10 heteroatoms. The fourth-order valence-corrected chi connectivity index (χ4v) is 5.36. The molecule has 0 saturated carbocycles. The number of carbonyl (C=O) groups is 1. The molecule has 1 atom stereocenters. The lowest BCUT2D eigenvalue weighted by atomic mass is 10.1. The highest BCUT2D eigenvalue weighted by molar-refractivity contribution is 7.89. The summed E-state index contributed by atoms with van der Waals surface area (Å²) in [5, 5.41) is 2.26. The molecular weight excluding hydrogens is 421 g/mol. The normalized spacial score (nSPS) is 17.7. The van der Waals surface area contributed by atoms with Crippen molar-refractivity contribution >= 4 is 21.6 Å². The summed E-state index contributed by atoms with van der Waals surface area (Å²) in [5.41, 5.74) is -0.921. The fraction of sp³-hybridized carbons (Fsp3) is 0.350. The average molecular weight is 442 g/mol. The molecule has 1 amide bonds. The van der Waals surface area contributed by atoms with Crippen molar-refractivity contribution in [2.24, 2.45) is 0 Å². The number of anilines is 1. The van der Waals surface area contributed by atoms with Gasteiger partial charge in [0.15, 0.2) is 0 Å². The van der Waals surface area contributed by atoms with Crippen molar-refractivity contribution in [3.8, 4) is 5.75 Å². The van der Waals surface area contributed by atoms with Crippen LogP contribution in [0.15, 0.2) is 47.4 Å². The number of halogens is 3. The zero-order valence-electron chi connectivity index (χ0n) is 16.4. The maximum absolute atomic E-state index is 13.2. The third-order valence-corrected chi connectivity index (χ3v) is 7.03. The van der Waals surface area contributed by atoms with Gasteiger partial charge in [-0.3, -0.25) is 4.79 Å². The van der Waals surface area contributed by atoms with Gasteiger partial charge >= 0.3 is 6.18 Å². The minimum Gasteiger partial charge on any atom is -0.497 e. The Kier molecular flexibility index (Phi) is 6.09. The summed E-state index contributed by atoms with van der Waals surface area (Å²) in [7, 11) is -2.65. The highest BCUT2D eigenvalue weighted by Gasteiger charge is 2.41. The summed E-state index contributed by atoms with van der Waals surface area (Å²) in [6.45, 7) is 1.72. The maximum atomic E-state index is 13.2. The van der Waals surface area contributed by atoms with Crippen molar-refractivity contribution in [2.75, 3.05) is 19.0 Å². The van der Waals surface area contributed by atoms with Gasteiger partial charge in [0.05, 0.1) is 23.3 Å². The number of sulfonamides is 1. The molecule has 0 aliphatic carbocycles. The van der Waals surface area contributed by atoms with Crippen LogP contribution in [0.5, 0.6) is 5.75 Å². The van der Waals surface area contributed by atoms with Crippen LogP contribution >= 0.6 is 0 Å². The van der Waals surface area contributed by atoms with E-state index in [9.17, 15) is 26.4 Å². The predicted molar refractivity (Wildman–Crippen MR) is 105 cm³/mol. The SMILES string of the molecule is COc1ccc(C)c(S(=O)(=O)N2CCCC2C(=O)Nc2ccccc2C(F)(F)F)c1. The third-order valence-electron chi connectivity index (χ3n) is 4.98. The summed E-state index contributed by atoms with van der Waals surface area (Å²) in [5.74, 6) is -0.452. The number of rotatable bonds is 5. The molecule has 1 N–H and O–H groups in total. The number of ether oxygens (including phenoxy) is 1. The lowest BCUT2D eigenvalue weighted by Crippen LogP contribution is -2.43. The number of benzene rings is 2. The molecular formula is C20H21F3N2O4S. The molecule has 1 saturated heterocycles. The number of nitrogens with one attached hydrogen (secondary N) is 1. The van der Waals surface area contributed by atoms with Crippen LogP contribution < -0.4 is 10.1 Å². The number of hydrogen-bond acceptors (Lipinski definition) is 4. The van der Waals surface area contributed by atoms with Crippen molar-refractivity contribution in [3.63, 3.8) is 0 Å². The van der Waals surface area contributed by atoms with Gasteiger partial charge in [-0.2, -0.15) is 17.5 Å². The minimum absolute atomic E-state index is 0.00255. The molecule has 3 rings (SSSR count). The van der Waals surface area contributed by atoms with Crippen molar-refractivity contribution in [1.82, 2.24) is 4.31 Å². The summed E-state index contributed by atoms with van der Waals surface area (Å²) in [6.07, 6.45) is -4.02. The second kappa shape index (κ2) is 8.27. The van der Waals surface area contributed by atoms with Crippen LogP contribution in [-0.4, -0.2) is 38.3 Å². The molecule has 162 valence electrons. The quantitative estimate of drug-likeness (QED) is 0.764. The van der Waals surface area contributed by atoms with Crippen LogP contribution in [0.3, 0.4) is 0 Å². The van der Waals surface area contributed by atoms with E-state index in [0.29, 0.717) is 17.7 Å². The van der Waals surface area contributed by atoms with E-state index < -0.39 is 39.4 Å². The largest absolute Gasteiger partial charge is 0.497 e. The first-order valence-corrected chi connectivity index (χ1v) is 10.6. The molecule has 1 unspecified atom stereocenters. The molecule has 1 heterocycles. The van der Waals surface area contributed by atoms with E-state index in [-0.39, 0.29) is 17.9 Å². The Balaban J connectivity index is 1.90. The van der Waals surface area contributed by atoms with Crippen LogP contribution in [0.1, 0.15) is 24.0 Å². The smallest absolute Gasteiger partial charge is 0.418 e. The summed E-state index contributed by atoms with van der Waals surface area (Å²) in [6, 6.07) is 8.06. The number of aryl methyl sites for hydroxylation is 1. The van der Waals surface area contributed by atoms with E-state index in [1.54, 1.807) is 19.1 Å². The molecule has 1 fully saturated rings. The summed E-state index contributed by atoms with van der Waals surface area (Å²) in [4.78, 5) is 12.8. The van der Waals surface area contributed by atoms with Gasteiger partial charge in [0.1, 0.15) is 11.8 Å². The molecule has 0 spiro atoms. The van der Waals surface area contributed by atoms with E-state index in [2.05, 4.69) is 5.32 Å². The molecule has 6 nitrogen and oxygen atoms in total. The molecule has 0 aromatic heterocycles. The van der Waals surface area contributed by atoms with Gasteiger partial charge in [0.25, 0.3) is 0 Å². The van der Waals surface area contributed by atoms with Crippen molar-refractivity contribution in [2.45, 2.75) is 36.9 Å². The monoisotopic (exact) mass is 442 g/mol. The predicted octanol–water partition coefficient (Wildman–Crippen LogP) is 3.81. The van der Waals surface area contributed by atoms with Crippen LogP contribution in [0.25, 0.3) is 0 Å². The van der Waals surface area contributed by atoms with Gasteiger partial charge in [0, 0.05) is 12.6 Å². The van der Waals surface area contributed by atoms with Crippen molar-refractivity contribution in [1.29, 1.82) is 0 Å². The zero-order valence-corrected chi connectivity index (χ0v) is 17.2. The summed E-state index contributed by atoms with van der Waals surface area (Å²) < 4.78 is 72.2. The number of para-hydroxylation sites is 1. The van der Waals surface area contributed by atoms with E-state index in [1.165, 1.54) is 25.3 Å². The Morgan fingerprint density at radius 1 is 1.20 bits per heavy atom. The van der Waals surface area contributed by atoms with E-state index >= 15 is 0 Å². The van der Waals surface area contributed by atoms with Gasteiger partial charge in [-0.25, -0.2) is 8.42 Å². The second-order valence-electron chi connectivity index (χ2n) is 6.94. The molecule has 2 aromatic carbocycles. The first kappa shape index (κ1) is 22.1. The first-order valence-electron chi connectivity index (χ1n) is 9.19. The van der Waals surface area contributed by atoms with E-state index in [1.807, 2.05) is 0 Å². The molecule has 30 heavy (non-hydrogen) atoms. The second-order valence-corrected chi connectivity index (χ2v) is 8.80. The molecule has 1 aliphatic heterocycles. The molecule has 0 radical (unpaired) electrons. The molecule has 2 aromatic rings. The van der Waals surface area contributed by atoms with Gasteiger partial charge in [-0.1, -0.05) is 18.2 Å². The number of alkyl halides is 3. The highest BCUT2D eigenvalue weighted by Crippen LogP contribution is 2.35. The lowest BCUT2D eigenvalue weighted by Gasteiger charge is -2.25. The van der Waals surface area contributed by atoms with E-state index in [0.717, 1.165) is 16.4 Å². The van der Waals surface area contributed by atoms with Crippen molar-refractivity contribution in [3.05, 3.63) is 53.6 Å². The van der Waals surface area contributed by atoms with Crippen LogP contribution in [0.4, 0.5) is 18.9 Å². The highest BCUT2D eigenvalue weighted by atomic mass is 32.2. The Morgan fingerprint density at radius 2 is 1.90 bits per heavy atom. The number of hydrogen-bond donors (Lipinski definition) is 1. The average Bonchev–Trinajstić information content (AvgIpc) is 3.19. The topological polar surface area (TPSA) is 75.7 Å². The number of nitrogens with zero attached hydrogens (tertiary/aromatic N) is 1. The van der Waals surface area contributed by atoms with Crippen molar-refractivity contribution < 1.29 is 31.1 Å². The standard InChI is InChI=1S/C20H21F3N2O4S/c1-13-9-10-14(29-2)12-18(13)30(27,28)25-11-5-8-17(25)19(26)24-16-7-4-3-6-15(16)20(21,22)23/h3-4,6-7,9-10,12,17H,5,8,11H2,1-2H3,(H,24,26). The number of carbonyl (C=O) groups excluding carboxylic acids is 1. The van der Waals surface area contributed by atoms with E-state index in [4.69, 9.17) is 4.74 Å². The Bertz CT molecular complexity index is 1050. The van der Waals surface area contributed by atoms with Crippen LogP contribution in [0, 0.1) is 6.92 Å². The number of methoxy groups -OCH3 is 1. The molecule has 0 bridgehead atoms. The molecule has 1 aliphatic rings. The van der Waals surface area contributed by atoms with Gasteiger partial charge in [-0.15, -0.1) is 0 Å².